The number of hydrogen-bond acceptors (Lipinski definition) is 4. The molecule has 7 heteroatoms. The van der Waals surface area contributed by atoms with Gasteiger partial charge < -0.3 is 20.1 Å². The highest BCUT2D eigenvalue weighted by molar-refractivity contribution is 14.0. The van der Waals surface area contributed by atoms with Crippen LogP contribution in [0.2, 0.25) is 0 Å². The van der Waals surface area contributed by atoms with Crippen LogP contribution in [0.4, 0.5) is 0 Å². The van der Waals surface area contributed by atoms with E-state index in [0.717, 1.165) is 64.7 Å². The lowest BCUT2D eigenvalue weighted by Crippen LogP contribution is -2.40. The Bertz CT molecular complexity index is 618. The molecule has 1 unspecified atom stereocenters. The summed E-state index contributed by atoms with van der Waals surface area (Å²) >= 11 is 0. The monoisotopic (exact) mass is 516 g/mol. The van der Waals surface area contributed by atoms with Crippen molar-refractivity contribution in [1.29, 1.82) is 0 Å². The van der Waals surface area contributed by atoms with E-state index in [9.17, 15) is 5.11 Å². The van der Waals surface area contributed by atoms with Gasteiger partial charge in [-0.05, 0) is 37.3 Å². The van der Waals surface area contributed by atoms with E-state index in [-0.39, 0.29) is 30.1 Å². The van der Waals surface area contributed by atoms with Gasteiger partial charge in [-0.1, -0.05) is 24.3 Å². The minimum atomic E-state index is -0.109. The van der Waals surface area contributed by atoms with Gasteiger partial charge in [0.15, 0.2) is 5.96 Å². The lowest BCUT2D eigenvalue weighted by atomic mass is 10.1. The van der Waals surface area contributed by atoms with Crippen LogP contribution >= 0.6 is 24.0 Å². The molecule has 0 aliphatic carbocycles. The molecule has 29 heavy (non-hydrogen) atoms. The maximum Gasteiger partial charge on any atom is 0.194 e. The number of ether oxygens (including phenoxy) is 1. The van der Waals surface area contributed by atoms with Gasteiger partial charge in [-0.25, -0.2) is 4.99 Å². The number of methoxy groups -OCH3 is 1. The van der Waals surface area contributed by atoms with Crippen LogP contribution in [0.1, 0.15) is 37.3 Å². The number of aliphatic hydroxyl groups excluding tert-OH is 1. The number of halogens is 1. The van der Waals surface area contributed by atoms with Crippen molar-refractivity contribution in [2.45, 2.75) is 45.4 Å². The summed E-state index contributed by atoms with van der Waals surface area (Å²) in [6.45, 7) is 9.52. The number of nitrogens with zero attached hydrogens (tertiary/aromatic N) is 3. The summed E-state index contributed by atoms with van der Waals surface area (Å²) in [5.41, 5.74) is 2.57. The number of rotatable bonds is 7. The molecule has 2 heterocycles. The second-order valence-corrected chi connectivity index (χ2v) is 8.05. The highest BCUT2D eigenvalue weighted by atomic mass is 127. The molecule has 6 nitrogen and oxygen atoms in total. The molecule has 1 aromatic carbocycles. The second kappa shape index (κ2) is 12.7. The third-order valence-corrected chi connectivity index (χ3v) is 5.72. The summed E-state index contributed by atoms with van der Waals surface area (Å²) in [6.07, 6.45) is 2.84. The first-order valence-corrected chi connectivity index (χ1v) is 10.7. The van der Waals surface area contributed by atoms with Crippen LogP contribution in [0.25, 0.3) is 0 Å². The number of benzene rings is 1. The Kier molecular flexibility index (Phi) is 10.7. The predicted octanol–water partition coefficient (Wildman–Crippen LogP) is 2.70. The minimum Gasteiger partial charge on any atom is -0.393 e. The molecule has 1 atom stereocenters. The Morgan fingerprint density at radius 3 is 2.48 bits per heavy atom. The molecule has 1 aromatic rings. The normalized spacial score (nSPS) is 21.3. The van der Waals surface area contributed by atoms with E-state index in [4.69, 9.17) is 9.73 Å². The molecule has 3 rings (SSSR count). The largest absolute Gasteiger partial charge is 0.393 e. The lowest BCUT2D eigenvalue weighted by molar-refractivity contribution is 0.0792. The van der Waals surface area contributed by atoms with E-state index in [0.29, 0.717) is 12.5 Å². The van der Waals surface area contributed by atoms with Crippen molar-refractivity contribution in [1.82, 2.24) is 15.1 Å². The first kappa shape index (κ1) is 24.4. The van der Waals surface area contributed by atoms with Crippen LogP contribution in [0.5, 0.6) is 0 Å². The topological polar surface area (TPSA) is 60.3 Å². The zero-order chi connectivity index (χ0) is 19.8. The quantitative estimate of drug-likeness (QED) is 0.332. The van der Waals surface area contributed by atoms with Crippen molar-refractivity contribution >= 4 is 29.9 Å². The van der Waals surface area contributed by atoms with Gasteiger partial charge in [-0.15, -0.1) is 24.0 Å². The van der Waals surface area contributed by atoms with Crippen molar-refractivity contribution in [2.75, 3.05) is 46.4 Å². The summed E-state index contributed by atoms with van der Waals surface area (Å²) in [5, 5.41) is 13.1. The fraction of sp³-hybridized carbons (Fsp3) is 0.682. The molecule has 2 aliphatic heterocycles. The van der Waals surface area contributed by atoms with Gasteiger partial charge >= 0.3 is 0 Å². The number of likely N-dealkylation sites (tertiary alicyclic amines) is 2. The molecule has 2 aliphatic rings. The van der Waals surface area contributed by atoms with Gasteiger partial charge in [0.25, 0.3) is 0 Å². The summed E-state index contributed by atoms with van der Waals surface area (Å²) in [4.78, 5) is 9.64. The summed E-state index contributed by atoms with van der Waals surface area (Å²) in [5.74, 6) is 1.61. The highest BCUT2D eigenvalue weighted by Gasteiger charge is 2.24. The van der Waals surface area contributed by atoms with Crippen LogP contribution in [0, 0.1) is 5.92 Å². The van der Waals surface area contributed by atoms with Crippen molar-refractivity contribution in [3.63, 3.8) is 0 Å². The molecule has 2 fully saturated rings. The Morgan fingerprint density at radius 1 is 1.14 bits per heavy atom. The summed E-state index contributed by atoms with van der Waals surface area (Å²) in [7, 11) is 1.78. The standard InChI is InChI=1S/C22H36N4O2.HI/c1-3-23-22(26-13-8-20(16-26)17-28-2)24-14-18-4-6-19(7-5-18)15-25-11-9-21(27)10-12-25;/h4-7,20-21,27H,3,8-17H2,1-2H3,(H,23,24);1H. The fourth-order valence-electron chi connectivity index (χ4n) is 4.07. The molecular weight excluding hydrogens is 479 g/mol. The number of nitrogens with one attached hydrogen (secondary N) is 1. The van der Waals surface area contributed by atoms with Crippen LogP contribution < -0.4 is 5.32 Å². The number of aliphatic imine (C=N–C) groups is 1. The van der Waals surface area contributed by atoms with Gasteiger partial charge in [-0.3, -0.25) is 4.90 Å². The van der Waals surface area contributed by atoms with Gasteiger partial charge in [0.05, 0.1) is 19.3 Å². The molecule has 0 saturated carbocycles. The van der Waals surface area contributed by atoms with Crippen molar-refractivity contribution < 1.29 is 9.84 Å². The van der Waals surface area contributed by atoms with Crippen molar-refractivity contribution in [3.8, 4) is 0 Å². The Labute approximate surface area is 192 Å². The average Bonchev–Trinajstić information content (AvgIpc) is 3.17. The van der Waals surface area contributed by atoms with Crippen LogP contribution in [0.15, 0.2) is 29.3 Å². The lowest BCUT2D eigenvalue weighted by Gasteiger charge is -2.29. The van der Waals surface area contributed by atoms with Gasteiger partial charge in [0.2, 0.25) is 0 Å². The number of hydrogen-bond donors (Lipinski definition) is 2. The maximum absolute atomic E-state index is 9.64. The minimum absolute atomic E-state index is 0. The molecular formula is C22H37IN4O2. The average molecular weight is 516 g/mol. The third kappa shape index (κ3) is 7.70. The Hall–Kier alpha value is -0.900. The fourth-order valence-corrected chi connectivity index (χ4v) is 4.07. The molecule has 0 radical (unpaired) electrons. The molecule has 164 valence electrons. The third-order valence-electron chi connectivity index (χ3n) is 5.72. The molecule has 0 bridgehead atoms. The van der Waals surface area contributed by atoms with E-state index in [1.165, 1.54) is 17.5 Å². The molecule has 0 aromatic heterocycles. The van der Waals surface area contributed by atoms with E-state index in [2.05, 4.69) is 46.3 Å². The zero-order valence-corrected chi connectivity index (χ0v) is 20.2. The maximum atomic E-state index is 9.64. The Morgan fingerprint density at radius 2 is 1.83 bits per heavy atom. The number of guanidine groups is 1. The molecule has 2 N–H and O–H groups in total. The van der Waals surface area contributed by atoms with E-state index >= 15 is 0 Å². The van der Waals surface area contributed by atoms with Crippen molar-refractivity contribution in [3.05, 3.63) is 35.4 Å². The summed E-state index contributed by atoms with van der Waals surface area (Å²) < 4.78 is 5.31. The van der Waals surface area contributed by atoms with Crippen LogP contribution in [0.3, 0.4) is 0 Å². The van der Waals surface area contributed by atoms with Crippen molar-refractivity contribution in [2.24, 2.45) is 10.9 Å². The zero-order valence-electron chi connectivity index (χ0n) is 17.8. The molecule has 0 spiro atoms. The van der Waals surface area contributed by atoms with Crippen LogP contribution in [-0.4, -0.2) is 73.4 Å². The Balaban J connectivity index is 0.00000300. The predicted molar refractivity (Wildman–Crippen MR) is 129 cm³/mol. The van der Waals surface area contributed by atoms with E-state index in [1.807, 2.05) is 0 Å². The highest BCUT2D eigenvalue weighted by Crippen LogP contribution is 2.17. The molecule has 0 amide bonds. The molecule has 2 saturated heterocycles. The smallest absolute Gasteiger partial charge is 0.194 e. The number of aliphatic hydroxyl groups is 1. The van der Waals surface area contributed by atoms with Gasteiger partial charge in [0, 0.05) is 52.3 Å². The summed E-state index contributed by atoms with van der Waals surface area (Å²) in [6, 6.07) is 8.82. The van der Waals surface area contributed by atoms with Gasteiger partial charge in [-0.2, -0.15) is 0 Å². The second-order valence-electron chi connectivity index (χ2n) is 8.05. The number of piperidine rings is 1. The van der Waals surface area contributed by atoms with Gasteiger partial charge in [0.1, 0.15) is 0 Å². The first-order valence-electron chi connectivity index (χ1n) is 10.7. The SMILES string of the molecule is CCNC(=NCc1ccc(CN2CCC(O)CC2)cc1)N1CCC(COC)C1.I. The van der Waals surface area contributed by atoms with E-state index in [1.54, 1.807) is 7.11 Å². The van der Waals surface area contributed by atoms with E-state index < -0.39 is 0 Å². The first-order chi connectivity index (χ1) is 13.7. The van der Waals surface area contributed by atoms with Crippen LogP contribution in [-0.2, 0) is 17.8 Å².